The first-order chi connectivity index (χ1) is 11.0. The first-order valence-corrected chi connectivity index (χ1v) is 9.31. The molecule has 4 nitrogen and oxygen atoms in total. The van der Waals surface area contributed by atoms with Gasteiger partial charge in [-0.1, -0.05) is 0 Å². The maximum Gasteiger partial charge on any atom is 0.260 e. The number of nitrogens with zero attached hydrogens (tertiary/aromatic N) is 2. The summed E-state index contributed by atoms with van der Waals surface area (Å²) >= 11 is 1.57. The summed E-state index contributed by atoms with van der Waals surface area (Å²) in [6.45, 7) is 1.66. The Bertz CT molecular complexity index is 629. The van der Waals surface area contributed by atoms with Gasteiger partial charge in [-0.25, -0.2) is 4.39 Å². The van der Waals surface area contributed by atoms with E-state index in [1.165, 1.54) is 0 Å². The van der Waals surface area contributed by atoms with Gasteiger partial charge in [-0.15, -0.1) is 0 Å². The van der Waals surface area contributed by atoms with Gasteiger partial charge in [-0.2, -0.15) is 11.3 Å². The van der Waals surface area contributed by atoms with E-state index in [-0.39, 0.29) is 11.8 Å². The number of likely N-dealkylation sites (tertiary alicyclic amines) is 1. The van der Waals surface area contributed by atoms with E-state index in [1.54, 1.807) is 16.2 Å². The second-order valence-corrected chi connectivity index (χ2v) is 7.90. The second-order valence-electron chi connectivity index (χ2n) is 7.12. The Labute approximate surface area is 139 Å². The van der Waals surface area contributed by atoms with E-state index in [1.807, 2.05) is 21.7 Å². The number of thiophene rings is 1. The van der Waals surface area contributed by atoms with Gasteiger partial charge in [0.2, 0.25) is 5.91 Å². The molecule has 1 unspecified atom stereocenters. The van der Waals surface area contributed by atoms with Gasteiger partial charge in [-0.3, -0.25) is 9.59 Å². The maximum absolute atomic E-state index is 14.5. The largest absolute Gasteiger partial charge is 0.339 e. The predicted molar refractivity (Wildman–Crippen MR) is 87.2 cm³/mol. The van der Waals surface area contributed by atoms with Crippen LogP contribution in [0.4, 0.5) is 10.1 Å². The van der Waals surface area contributed by atoms with Crippen LogP contribution in [0.3, 0.4) is 0 Å². The number of hydrogen-bond donors (Lipinski definition) is 0. The summed E-state index contributed by atoms with van der Waals surface area (Å²) < 4.78 is 14.5. The molecular weight excluding hydrogens is 315 g/mol. The summed E-state index contributed by atoms with van der Waals surface area (Å²) in [5.74, 6) is -0.278. The molecule has 3 fully saturated rings. The van der Waals surface area contributed by atoms with Crippen molar-refractivity contribution >= 4 is 28.8 Å². The van der Waals surface area contributed by atoms with Gasteiger partial charge < -0.3 is 9.80 Å². The van der Waals surface area contributed by atoms with Crippen LogP contribution in [-0.2, 0) is 9.59 Å². The molecule has 0 bridgehead atoms. The molecule has 6 heteroatoms. The molecule has 124 valence electrons. The predicted octanol–water partition coefficient (Wildman–Crippen LogP) is 2.99. The van der Waals surface area contributed by atoms with Gasteiger partial charge in [0.25, 0.3) is 5.91 Å². The molecule has 1 aromatic rings. The van der Waals surface area contributed by atoms with Crippen LogP contribution in [-0.4, -0.2) is 42.0 Å². The molecule has 0 radical (unpaired) electrons. The van der Waals surface area contributed by atoms with Gasteiger partial charge in [-0.05, 0) is 50.0 Å². The number of hydrogen-bond acceptors (Lipinski definition) is 3. The highest BCUT2D eigenvalue weighted by atomic mass is 32.1. The van der Waals surface area contributed by atoms with E-state index in [0.29, 0.717) is 32.5 Å². The SMILES string of the molecule is O=C(N1CCCC2(CCN(c3ccsc3)C2=O)C1)C1(F)CCC1. The van der Waals surface area contributed by atoms with Crippen LogP contribution < -0.4 is 4.90 Å². The van der Waals surface area contributed by atoms with Crippen molar-refractivity contribution in [3.63, 3.8) is 0 Å². The van der Waals surface area contributed by atoms with Crippen molar-refractivity contribution in [2.45, 2.75) is 44.2 Å². The minimum Gasteiger partial charge on any atom is -0.339 e. The number of anilines is 1. The molecule has 2 saturated heterocycles. The van der Waals surface area contributed by atoms with Crippen molar-refractivity contribution in [2.24, 2.45) is 5.41 Å². The van der Waals surface area contributed by atoms with Crippen molar-refractivity contribution in [3.05, 3.63) is 16.8 Å². The molecule has 2 amide bonds. The van der Waals surface area contributed by atoms with E-state index < -0.39 is 11.1 Å². The quantitative estimate of drug-likeness (QED) is 0.833. The highest BCUT2D eigenvalue weighted by Gasteiger charge is 2.53. The van der Waals surface area contributed by atoms with Gasteiger partial charge in [0.05, 0.1) is 11.1 Å². The van der Waals surface area contributed by atoms with Crippen LogP contribution in [0.2, 0.25) is 0 Å². The molecule has 1 atom stereocenters. The van der Waals surface area contributed by atoms with Gasteiger partial charge in [0.1, 0.15) is 0 Å². The minimum atomic E-state index is -1.66. The Morgan fingerprint density at radius 3 is 2.65 bits per heavy atom. The average Bonchev–Trinajstić information content (AvgIpc) is 3.15. The monoisotopic (exact) mass is 336 g/mol. The maximum atomic E-state index is 14.5. The third-order valence-corrected chi connectivity index (χ3v) is 6.39. The minimum absolute atomic E-state index is 0.106. The normalized spacial score (nSPS) is 29.9. The fourth-order valence-electron chi connectivity index (χ4n) is 4.15. The molecule has 0 N–H and O–H groups in total. The van der Waals surface area contributed by atoms with E-state index in [9.17, 15) is 14.0 Å². The van der Waals surface area contributed by atoms with E-state index in [2.05, 4.69) is 0 Å². The summed E-state index contributed by atoms with van der Waals surface area (Å²) in [4.78, 5) is 28.9. The smallest absolute Gasteiger partial charge is 0.260 e. The number of amides is 2. The summed E-state index contributed by atoms with van der Waals surface area (Å²) in [5.41, 5.74) is -1.22. The highest BCUT2D eigenvalue weighted by Crippen LogP contribution is 2.44. The number of carbonyl (C=O) groups excluding carboxylic acids is 2. The van der Waals surface area contributed by atoms with Crippen molar-refractivity contribution in [2.75, 3.05) is 24.5 Å². The Morgan fingerprint density at radius 1 is 1.17 bits per heavy atom. The molecule has 1 aromatic heterocycles. The van der Waals surface area contributed by atoms with Crippen molar-refractivity contribution < 1.29 is 14.0 Å². The second kappa shape index (κ2) is 5.30. The lowest BCUT2D eigenvalue weighted by atomic mass is 9.76. The van der Waals surface area contributed by atoms with E-state index in [0.717, 1.165) is 31.4 Å². The molecule has 4 rings (SSSR count). The summed E-state index contributed by atoms with van der Waals surface area (Å²) in [5, 5.41) is 3.95. The van der Waals surface area contributed by atoms with Crippen LogP contribution in [0, 0.1) is 5.41 Å². The van der Waals surface area contributed by atoms with E-state index in [4.69, 9.17) is 0 Å². The lowest BCUT2D eigenvalue weighted by molar-refractivity contribution is -0.154. The molecule has 3 aliphatic rings. The molecule has 23 heavy (non-hydrogen) atoms. The lowest BCUT2D eigenvalue weighted by Gasteiger charge is -2.43. The van der Waals surface area contributed by atoms with Crippen molar-refractivity contribution in [3.8, 4) is 0 Å². The van der Waals surface area contributed by atoms with Crippen molar-refractivity contribution in [1.82, 2.24) is 4.90 Å². The van der Waals surface area contributed by atoms with Gasteiger partial charge in [0.15, 0.2) is 5.67 Å². The molecule has 3 heterocycles. The fourth-order valence-corrected chi connectivity index (χ4v) is 4.79. The Kier molecular flexibility index (Phi) is 3.48. The number of alkyl halides is 1. The van der Waals surface area contributed by atoms with Crippen LogP contribution in [0.15, 0.2) is 16.8 Å². The first kappa shape index (κ1) is 15.1. The van der Waals surface area contributed by atoms with Crippen LogP contribution >= 0.6 is 11.3 Å². The first-order valence-electron chi connectivity index (χ1n) is 8.37. The number of halogens is 1. The fraction of sp³-hybridized carbons (Fsp3) is 0.647. The molecular formula is C17H21FN2O2S. The third-order valence-electron chi connectivity index (χ3n) is 5.72. The van der Waals surface area contributed by atoms with Gasteiger partial charge in [0, 0.05) is 25.0 Å². The van der Waals surface area contributed by atoms with Gasteiger partial charge >= 0.3 is 0 Å². The number of piperidine rings is 1. The molecule has 1 saturated carbocycles. The Hall–Kier alpha value is -1.43. The zero-order valence-electron chi connectivity index (χ0n) is 13.1. The van der Waals surface area contributed by atoms with Crippen LogP contribution in [0.1, 0.15) is 38.5 Å². The summed E-state index contributed by atoms with van der Waals surface area (Å²) in [6.07, 6.45) is 3.80. The third kappa shape index (κ3) is 2.30. The molecule has 1 spiro atoms. The summed E-state index contributed by atoms with van der Waals surface area (Å²) in [6, 6.07) is 1.96. The van der Waals surface area contributed by atoms with Crippen LogP contribution in [0.25, 0.3) is 0 Å². The lowest BCUT2D eigenvalue weighted by Crippen LogP contribution is -2.56. The molecule has 2 aliphatic heterocycles. The highest BCUT2D eigenvalue weighted by molar-refractivity contribution is 7.08. The number of rotatable bonds is 2. The zero-order valence-corrected chi connectivity index (χ0v) is 13.9. The van der Waals surface area contributed by atoms with E-state index >= 15 is 0 Å². The molecule has 0 aromatic carbocycles. The van der Waals surface area contributed by atoms with Crippen molar-refractivity contribution in [1.29, 1.82) is 0 Å². The number of carbonyl (C=O) groups is 2. The average molecular weight is 336 g/mol. The Morgan fingerprint density at radius 2 is 2.00 bits per heavy atom. The topological polar surface area (TPSA) is 40.6 Å². The van der Waals surface area contributed by atoms with Crippen LogP contribution in [0.5, 0.6) is 0 Å². The summed E-state index contributed by atoms with van der Waals surface area (Å²) in [7, 11) is 0. The standard InChI is InChI=1S/C17H21FN2O2S/c18-17(5-1-6-17)15(22)19-8-2-4-16(12-19)7-9-20(14(16)21)13-3-10-23-11-13/h3,10-11H,1-2,4-9,12H2. The zero-order chi connectivity index (χ0) is 16.1. The Balaban J connectivity index is 1.53. The molecule has 1 aliphatic carbocycles.